The van der Waals surface area contributed by atoms with E-state index in [1.807, 2.05) is 41.3 Å². The molecule has 1 aromatic heterocycles. The Kier molecular flexibility index (Phi) is 5.14. The number of hydrogen-bond acceptors (Lipinski definition) is 4. The summed E-state index contributed by atoms with van der Waals surface area (Å²) in [6.07, 6.45) is 1.56. The van der Waals surface area contributed by atoms with Crippen molar-refractivity contribution in [2.45, 2.75) is 0 Å². The maximum Gasteiger partial charge on any atom is 0.270 e. The van der Waals surface area contributed by atoms with Crippen molar-refractivity contribution in [2.24, 2.45) is 0 Å². The van der Waals surface area contributed by atoms with Crippen molar-refractivity contribution in [3.63, 3.8) is 0 Å². The van der Waals surface area contributed by atoms with Crippen LogP contribution in [0.15, 0.2) is 42.6 Å². The largest absolute Gasteiger partial charge is 0.492 e. The molecule has 1 aliphatic rings. The number of benzene rings is 1. The molecule has 0 aliphatic carbocycles. The van der Waals surface area contributed by atoms with Crippen LogP contribution >= 0.6 is 0 Å². The highest BCUT2D eigenvalue weighted by Crippen LogP contribution is 2.11. The molecule has 0 saturated carbocycles. The van der Waals surface area contributed by atoms with Crippen LogP contribution in [0.2, 0.25) is 0 Å². The van der Waals surface area contributed by atoms with Gasteiger partial charge in [-0.3, -0.25) is 9.69 Å². The summed E-state index contributed by atoms with van der Waals surface area (Å²) >= 11 is 0. The molecular weight excluding hydrogens is 304 g/mol. The molecule has 0 radical (unpaired) electrons. The van der Waals surface area contributed by atoms with Gasteiger partial charge in [0.15, 0.2) is 0 Å². The molecule has 1 aliphatic heterocycles. The first-order chi connectivity index (χ1) is 11.8. The fourth-order valence-electron chi connectivity index (χ4n) is 2.74. The second-order valence-corrected chi connectivity index (χ2v) is 5.71. The molecule has 6 heteroatoms. The molecule has 2 aromatic rings. The van der Waals surface area contributed by atoms with Crippen molar-refractivity contribution in [3.8, 4) is 11.8 Å². The van der Waals surface area contributed by atoms with Crippen LogP contribution in [0.5, 0.6) is 5.75 Å². The monoisotopic (exact) mass is 324 g/mol. The highest BCUT2D eigenvalue weighted by atomic mass is 16.5. The highest BCUT2D eigenvalue weighted by Gasteiger charge is 2.22. The quantitative estimate of drug-likeness (QED) is 0.909. The second-order valence-electron chi connectivity index (χ2n) is 5.71. The minimum atomic E-state index is -0.0447. The first kappa shape index (κ1) is 16.1. The summed E-state index contributed by atoms with van der Waals surface area (Å²) in [5, 5.41) is 8.83. The average Bonchev–Trinajstić information content (AvgIpc) is 3.12. The molecule has 1 amide bonds. The van der Waals surface area contributed by atoms with Gasteiger partial charge in [-0.1, -0.05) is 18.2 Å². The third kappa shape index (κ3) is 3.94. The van der Waals surface area contributed by atoms with Gasteiger partial charge in [-0.25, -0.2) is 0 Å². The van der Waals surface area contributed by atoms with E-state index in [0.717, 1.165) is 25.4 Å². The zero-order valence-corrected chi connectivity index (χ0v) is 13.4. The number of nitriles is 1. The number of piperazine rings is 1. The van der Waals surface area contributed by atoms with E-state index in [-0.39, 0.29) is 5.91 Å². The summed E-state index contributed by atoms with van der Waals surface area (Å²) < 4.78 is 5.71. The highest BCUT2D eigenvalue weighted by molar-refractivity contribution is 5.93. The van der Waals surface area contributed by atoms with Gasteiger partial charge in [0.2, 0.25) is 0 Å². The number of ether oxygens (including phenoxy) is 1. The molecule has 1 saturated heterocycles. The summed E-state index contributed by atoms with van der Waals surface area (Å²) in [6.45, 7) is 4.51. The first-order valence-electron chi connectivity index (χ1n) is 8.04. The van der Waals surface area contributed by atoms with E-state index < -0.39 is 0 Å². The van der Waals surface area contributed by atoms with Crippen LogP contribution in [0.25, 0.3) is 0 Å². The Bertz CT molecular complexity index is 712. The number of aromatic nitrogens is 1. The van der Waals surface area contributed by atoms with Crippen LogP contribution < -0.4 is 4.74 Å². The maximum atomic E-state index is 12.4. The molecule has 0 unspecified atom stereocenters. The number of carbonyl (C=O) groups is 1. The maximum absolute atomic E-state index is 12.4. The van der Waals surface area contributed by atoms with E-state index in [0.29, 0.717) is 31.0 Å². The van der Waals surface area contributed by atoms with Gasteiger partial charge in [-0.2, -0.15) is 5.26 Å². The summed E-state index contributed by atoms with van der Waals surface area (Å²) in [4.78, 5) is 19.4. The summed E-state index contributed by atoms with van der Waals surface area (Å²) in [5.74, 6) is 0.836. The number of aromatic amines is 1. The number of para-hydroxylation sites is 1. The van der Waals surface area contributed by atoms with E-state index in [4.69, 9.17) is 10.00 Å². The van der Waals surface area contributed by atoms with Gasteiger partial charge in [-0.05, 0) is 18.2 Å². The number of carbonyl (C=O) groups excluding carboxylic acids is 1. The van der Waals surface area contributed by atoms with E-state index in [1.54, 1.807) is 12.3 Å². The van der Waals surface area contributed by atoms with Crippen molar-refractivity contribution in [2.75, 3.05) is 39.3 Å². The molecule has 24 heavy (non-hydrogen) atoms. The van der Waals surface area contributed by atoms with E-state index >= 15 is 0 Å². The number of nitrogens with zero attached hydrogens (tertiary/aromatic N) is 3. The van der Waals surface area contributed by atoms with Crippen molar-refractivity contribution in [1.82, 2.24) is 14.8 Å². The van der Waals surface area contributed by atoms with E-state index in [2.05, 4.69) is 9.88 Å². The van der Waals surface area contributed by atoms with Gasteiger partial charge in [0.25, 0.3) is 5.91 Å². The van der Waals surface area contributed by atoms with E-state index in [9.17, 15) is 4.79 Å². The van der Waals surface area contributed by atoms with Crippen LogP contribution in [-0.4, -0.2) is 60.0 Å². The minimum absolute atomic E-state index is 0.0447. The fraction of sp³-hybridized carbons (Fsp3) is 0.333. The van der Waals surface area contributed by atoms with Crippen LogP contribution in [0.4, 0.5) is 0 Å². The third-order valence-corrected chi connectivity index (χ3v) is 4.12. The Morgan fingerprint density at radius 2 is 1.96 bits per heavy atom. The molecule has 6 nitrogen and oxygen atoms in total. The second kappa shape index (κ2) is 7.66. The van der Waals surface area contributed by atoms with Crippen molar-refractivity contribution in [1.29, 1.82) is 5.26 Å². The SMILES string of the molecule is N#Cc1c[nH]c(C(=O)N2CCN(CCOc3ccccc3)CC2)c1. The topological polar surface area (TPSA) is 72.4 Å². The lowest BCUT2D eigenvalue weighted by Crippen LogP contribution is -2.49. The smallest absolute Gasteiger partial charge is 0.270 e. The molecule has 0 spiro atoms. The number of nitrogens with one attached hydrogen (secondary N) is 1. The van der Waals surface area contributed by atoms with Crippen LogP contribution in [0, 0.1) is 11.3 Å². The molecule has 1 N–H and O–H groups in total. The van der Waals surface area contributed by atoms with Crippen LogP contribution in [0.1, 0.15) is 16.1 Å². The normalized spacial score (nSPS) is 15.0. The molecular formula is C18H20N4O2. The summed E-state index contributed by atoms with van der Waals surface area (Å²) in [5.41, 5.74) is 0.961. The molecule has 2 heterocycles. The molecule has 0 atom stereocenters. The van der Waals surface area contributed by atoms with Crippen molar-refractivity contribution in [3.05, 3.63) is 53.9 Å². The summed E-state index contributed by atoms with van der Waals surface area (Å²) in [7, 11) is 0. The summed E-state index contributed by atoms with van der Waals surface area (Å²) in [6, 6.07) is 13.4. The lowest BCUT2D eigenvalue weighted by atomic mass is 10.2. The molecule has 1 aromatic carbocycles. The molecule has 124 valence electrons. The van der Waals surface area contributed by atoms with Crippen molar-refractivity contribution < 1.29 is 9.53 Å². The lowest BCUT2D eigenvalue weighted by molar-refractivity contribution is 0.0615. The molecule has 0 bridgehead atoms. The molecule has 3 rings (SSSR count). The standard InChI is InChI=1S/C18H20N4O2/c19-13-15-12-17(20-14-15)18(23)22-8-6-21(7-9-22)10-11-24-16-4-2-1-3-5-16/h1-5,12,14,20H,6-11H2. The Morgan fingerprint density at radius 3 is 2.62 bits per heavy atom. The predicted octanol–water partition coefficient (Wildman–Crippen LogP) is 1.72. The number of H-pyrrole nitrogens is 1. The van der Waals surface area contributed by atoms with Gasteiger partial charge >= 0.3 is 0 Å². The zero-order chi connectivity index (χ0) is 16.8. The van der Waals surface area contributed by atoms with Crippen LogP contribution in [0.3, 0.4) is 0 Å². The Morgan fingerprint density at radius 1 is 1.21 bits per heavy atom. The number of amides is 1. The van der Waals surface area contributed by atoms with Gasteiger partial charge in [0.1, 0.15) is 24.1 Å². The average molecular weight is 324 g/mol. The minimum Gasteiger partial charge on any atom is -0.492 e. The number of hydrogen-bond donors (Lipinski definition) is 1. The van der Waals surface area contributed by atoms with Crippen molar-refractivity contribution >= 4 is 5.91 Å². The zero-order valence-electron chi connectivity index (χ0n) is 13.4. The molecule has 1 fully saturated rings. The third-order valence-electron chi connectivity index (χ3n) is 4.12. The predicted molar refractivity (Wildman–Crippen MR) is 89.8 cm³/mol. The van der Waals surface area contributed by atoms with Gasteiger partial charge in [0.05, 0.1) is 5.56 Å². The van der Waals surface area contributed by atoms with E-state index in [1.165, 1.54) is 0 Å². The Hall–Kier alpha value is -2.78. The lowest BCUT2D eigenvalue weighted by Gasteiger charge is -2.34. The number of rotatable bonds is 5. The first-order valence-corrected chi connectivity index (χ1v) is 8.04. The van der Waals surface area contributed by atoms with Crippen LogP contribution in [-0.2, 0) is 0 Å². The van der Waals surface area contributed by atoms with Gasteiger partial charge in [0, 0.05) is 38.9 Å². The Balaban J connectivity index is 1.42. The van der Waals surface area contributed by atoms with Gasteiger partial charge in [-0.15, -0.1) is 0 Å². The fourth-order valence-corrected chi connectivity index (χ4v) is 2.74. The van der Waals surface area contributed by atoms with Gasteiger partial charge < -0.3 is 14.6 Å². The Labute approximate surface area is 141 Å².